The molecule has 1 atom stereocenters. The van der Waals surface area contributed by atoms with Crippen LogP contribution in [0.4, 0.5) is 0 Å². The van der Waals surface area contributed by atoms with E-state index in [2.05, 4.69) is 5.43 Å². The van der Waals surface area contributed by atoms with Crippen LogP contribution in [0.3, 0.4) is 0 Å². The number of nitrogens with one attached hydrogen (secondary N) is 1. The van der Waals surface area contributed by atoms with Crippen molar-refractivity contribution in [2.45, 2.75) is 12.8 Å². The second-order valence-corrected chi connectivity index (χ2v) is 4.20. The molecule has 0 unspecified atom stereocenters. The molecule has 0 saturated heterocycles. The van der Waals surface area contributed by atoms with Crippen LogP contribution in [0.2, 0.25) is 0 Å². The maximum Gasteiger partial charge on any atom is 0.241 e. The quantitative estimate of drug-likeness (QED) is 0.492. The number of hydrazine groups is 1. The minimum absolute atomic E-state index is 0.192. The first-order valence-corrected chi connectivity index (χ1v) is 5.74. The van der Waals surface area contributed by atoms with Gasteiger partial charge in [0.2, 0.25) is 5.91 Å². The monoisotopic (exact) mass is 244 g/mol. The Morgan fingerprint density at radius 3 is 2.56 bits per heavy atom. The molecule has 0 bridgehead atoms. The van der Waals surface area contributed by atoms with E-state index in [0.29, 0.717) is 0 Å². The number of carbonyl (C=O) groups is 1. The van der Waals surface area contributed by atoms with E-state index in [9.17, 15) is 4.79 Å². The fourth-order valence-corrected chi connectivity index (χ4v) is 1.91. The highest BCUT2D eigenvalue weighted by molar-refractivity contribution is 5.88. The molecule has 0 aromatic heterocycles. The first-order chi connectivity index (χ1) is 8.65. The van der Waals surface area contributed by atoms with Gasteiger partial charge in [-0.25, -0.2) is 5.84 Å². The smallest absolute Gasteiger partial charge is 0.241 e. The third-order valence-electron chi connectivity index (χ3n) is 3.11. The highest BCUT2D eigenvalue weighted by Crippen LogP contribution is 2.25. The zero-order valence-corrected chi connectivity index (χ0v) is 10.4. The molecule has 0 aliphatic rings. The van der Waals surface area contributed by atoms with Gasteiger partial charge in [-0.1, -0.05) is 24.3 Å². The molecule has 2 rings (SSSR count). The number of hydrogen-bond donors (Lipinski definition) is 2. The zero-order chi connectivity index (χ0) is 13.1. The van der Waals surface area contributed by atoms with Crippen LogP contribution in [0.5, 0.6) is 5.75 Å². The SMILES string of the molecule is COc1ccc2cc([C@H](C)C(=O)NN)ccc2c1. The van der Waals surface area contributed by atoms with E-state index in [1.54, 1.807) is 7.11 Å². The van der Waals surface area contributed by atoms with Crippen molar-refractivity contribution in [2.75, 3.05) is 7.11 Å². The average molecular weight is 244 g/mol. The Bertz CT molecular complexity index is 581. The molecule has 4 heteroatoms. The van der Waals surface area contributed by atoms with Crippen molar-refractivity contribution in [1.82, 2.24) is 5.43 Å². The molecule has 0 heterocycles. The molecule has 3 N–H and O–H groups in total. The van der Waals surface area contributed by atoms with Crippen LogP contribution in [-0.2, 0) is 4.79 Å². The fraction of sp³-hybridized carbons (Fsp3) is 0.214. The van der Waals surface area contributed by atoms with Crippen molar-refractivity contribution < 1.29 is 9.53 Å². The van der Waals surface area contributed by atoms with Gasteiger partial charge in [0.05, 0.1) is 13.0 Å². The number of methoxy groups -OCH3 is 1. The second-order valence-electron chi connectivity index (χ2n) is 4.20. The number of amides is 1. The zero-order valence-electron chi connectivity index (χ0n) is 10.4. The maximum absolute atomic E-state index is 11.5. The lowest BCUT2D eigenvalue weighted by atomic mass is 9.97. The highest BCUT2D eigenvalue weighted by atomic mass is 16.5. The van der Waals surface area contributed by atoms with E-state index in [1.165, 1.54) is 0 Å². The van der Waals surface area contributed by atoms with E-state index in [-0.39, 0.29) is 11.8 Å². The topological polar surface area (TPSA) is 64.3 Å². The molecular formula is C14H16N2O2. The summed E-state index contributed by atoms with van der Waals surface area (Å²) in [5, 5.41) is 2.16. The van der Waals surface area contributed by atoms with E-state index < -0.39 is 0 Å². The molecular weight excluding hydrogens is 228 g/mol. The average Bonchev–Trinajstić information content (AvgIpc) is 2.44. The van der Waals surface area contributed by atoms with Gasteiger partial charge in [-0.2, -0.15) is 0 Å². The first kappa shape index (κ1) is 12.4. The van der Waals surface area contributed by atoms with Crippen LogP contribution >= 0.6 is 0 Å². The summed E-state index contributed by atoms with van der Waals surface area (Å²) in [5.41, 5.74) is 3.11. The van der Waals surface area contributed by atoms with Crippen molar-refractivity contribution in [3.05, 3.63) is 42.0 Å². The third-order valence-corrected chi connectivity index (χ3v) is 3.11. The molecule has 0 saturated carbocycles. The van der Waals surface area contributed by atoms with Gasteiger partial charge in [-0.05, 0) is 35.4 Å². The van der Waals surface area contributed by atoms with Gasteiger partial charge in [0.15, 0.2) is 0 Å². The van der Waals surface area contributed by atoms with Crippen molar-refractivity contribution in [2.24, 2.45) is 5.84 Å². The number of fused-ring (bicyclic) bond motifs is 1. The van der Waals surface area contributed by atoms with Crippen molar-refractivity contribution >= 4 is 16.7 Å². The third kappa shape index (κ3) is 2.28. The van der Waals surface area contributed by atoms with Gasteiger partial charge in [0.1, 0.15) is 5.75 Å². The van der Waals surface area contributed by atoms with Gasteiger partial charge in [-0.3, -0.25) is 10.2 Å². The van der Waals surface area contributed by atoms with Crippen LogP contribution in [0, 0.1) is 0 Å². The summed E-state index contributed by atoms with van der Waals surface area (Å²) < 4.78 is 5.17. The minimum atomic E-state index is -0.262. The Kier molecular flexibility index (Phi) is 3.48. The molecule has 18 heavy (non-hydrogen) atoms. The predicted octanol–water partition coefficient (Wildman–Crippen LogP) is 1.94. The molecule has 0 radical (unpaired) electrons. The Balaban J connectivity index is 2.42. The standard InChI is InChI=1S/C14H16N2O2/c1-9(14(17)16-15)10-3-4-12-8-13(18-2)6-5-11(12)7-10/h3-9H,15H2,1-2H3,(H,16,17)/t9-/m0/s1. The molecule has 4 nitrogen and oxygen atoms in total. The summed E-state index contributed by atoms with van der Waals surface area (Å²) in [7, 11) is 1.64. The van der Waals surface area contributed by atoms with Crippen molar-refractivity contribution in [1.29, 1.82) is 0 Å². The Labute approximate surface area is 106 Å². The van der Waals surface area contributed by atoms with Gasteiger partial charge in [0, 0.05) is 0 Å². The summed E-state index contributed by atoms with van der Waals surface area (Å²) in [4.78, 5) is 11.5. The molecule has 2 aromatic rings. The van der Waals surface area contributed by atoms with Crippen molar-refractivity contribution in [3.8, 4) is 5.75 Å². The molecule has 0 spiro atoms. The van der Waals surface area contributed by atoms with E-state index in [1.807, 2.05) is 43.3 Å². The summed E-state index contributed by atoms with van der Waals surface area (Å²) in [6.45, 7) is 1.83. The summed E-state index contributed by atoms with van der Waals surface area (Å²) in [6.07, 6.45) is 0. The lowest BCUT2D eigenvalue weighted by Crippen LogP contribution is -2.33. The van der Waals surface area contributed by atoms with Crippen LogP contribution in [0.1, 0.15) is 18.4 Å². The van der Waals surface area contributed by atoms with Crippen LogP contribution < -0.4 is 16.0 Å². The minimum Gasteiger partial charge on any atom is -0.497 e. The first-order valence-electron chi connectivity index (χ1n) is 5.74. The Morgan fingerprint density at radius 1 is 1.22 bits per heavy atom. The Hall–Kier alpha value is -2.07. The van der Waals surface area contributed by atoms with E-state index >= 15 is 0 Å². The van der Waals surface area contributed by atoms with Gasteiger partial charge < -0.3 is 4.74 Å². The van der Waals surface area contributed by atoms with Crippen LogP contribution in [0.25, 0.3) is 10.8 Å². The number of carbonyl (C=O) groups excluding carboxylic acids is 1. The molecule has 0 aliphatic carbocycles. The molecule has 0 aliphatic heterocycles. The highest BCUT2D eigenvalue weighted by Gasteiger charge is 2.14. The Morgan fingerprint density at radius 2 is 1.89 bits per heavy atom. The van der Waals surface area contributed by atoms with Crippen LogP contribution in [0.15, 0.2) is 36.4 Å². The van der Waals surface area contributed by atoms with Gasteiger partial charge in [-0.15, -0.1) is 0 Å². The van der Waals surface area contributed by atoms with Crippen LogP contribution in [-0.4, -0.2) is 13.0 Å². The summed E-state index contributed by atoms with van der Waals surface area (Å²) in [5.74, 6) is 5.51. The summed E-state index contributed by atoms with van der Waals surface area (Å²) in [6, 6.07) is 11.8. The van der Waals surface area contributed by atoms with E-state index in [0.717, 1.165) is 22.1 Å². The molecule has 1 amide bonds. The lowest BCUT2D eigenvalue weighted by molar-refractivity contribution is -0.122. The second kappa shape index (κ2) is 5.06. The number of benzene rings is 2. The maximum atomic E-state index is 11.5. The van der Waals surface area contributed by atoms with Crippen molar-refractivity contribution in [3.63, 3.8) is 0 Å². The predicted molar refractivity (Wildman–Crippen MR) is 71.2 cm³/mol. The fourth-order valence-electron chi connectivity index (χ4n) is 1.91. The largest absolute Gasteiger partial charge is 0.497 e. The molecule has 2 aromatic carbocycles. The van der Waals surface area contributed by atoms with E-state index in [4.69, 9.17) is 10.6 Å². The lowest BCUT2D eigenvalue weighted by Gasteiger charge is -2.11. The number of nitrogens with two attached hydrogens (primary N) is 1. The number of hydrogen-bond acceptors (Lipinski definition) is 3. The van der Waals surface area contributed by atoms with Gasteiger partial charge in [0.25, 0.3) is 0 Å². The molecule has 94 valence electrons. The summed E-state index contributed by atoms with van der Waals surface area (Å²) >= 11 is 0. The normalized spacial score (nSPS) is 12.2. The number of ether oxygens (including phenoxy) is 1. The van der Waals surface area contributed by atoms with Gasteiger partial charge >= 0.3 is 0 Å². The molecule has 0 fully saturated rings. The number of rotatable bonds is 3.